The molecule has 1 atom stereocenters. The van der Waals surface area contributed by atoms with Crippen LogP contribution in [0.1, 0.15) is 46.7 Å². The van der Waals surface area contributed by atoms with Crippen molar-refractivity contribution in [2.24, 2.45) is 0 Å². The van der Waals surface area contributed by atoms with E-state index in [2.05, 4.69) is 16.3 Å². The molecule has 30 heavy (non-hydrogen) atoms. The highest BCUT2D eigenvalue weighted by atomic mass is 32.2. The fourth-order valence-electron chi connectivity index (χ4n) is 3.67. The highest BCUT2D eigenvalue weighted by molar-refractivity contribution is 7.99. The predicted octanol–water partition coefficient (Wildman–Crippen LogP) is 4.49. The van der Waals surface area contributed by atoms with Gasteiger partial charge in [0, 0.05) is 11.3 Å². The molecule has 1 heterocycles. The van der Waals surface area contributed by atoms with Gasteiger partial charge in [0.25, 0.3) is 0 Å². The number of carbonyl (C=O) groups is 1. The van der Waals surface area contributed by atoms with Crippen molar-refractivity contribution < 1.29 is 9.18 Å². The average molecular weight is 425 g/mol. The number of hydrogen-bond acceptors (Lipinski definition) is 5. The molecule has 0 radical (unpaired) electrons. The fourth-order valence-corrected chi connectivity index (χ4v) is 4.52. The molecule has 7 heteroatoms. The molecular weight excluding hydrogens is 399 g/mol. The average Bonchev–Trinajstić information content (AvgIpc) is 3.38. The zero-order valence-corrected chi connectivity index (χ0v) is 18.2. The standard InChI is InChI=1S/C23H25FN4OS/c1-15(27(2)3)22-25-26-23(28(22)20-11-9-19(24)10-12-20)30-14-21(29)18-8-7-16-5-4-6-17(16)13-18/h7-13,15H,4-6,14H2,1-3H3/t15-/m0/s1. The van der Waals surface area contributed by atoms with Gasteiger partial charge in [-0.25, -0.2) is 4.39 Å². The van der Waals surface area contributed by atoms with Crippen molar-refractivity contribution in [3.8, 4) is 5.69 Å². The van der Waals surface area contributed by atoms with E-state index in [1.54, 1.807) is 12.1 Å². The number of halogens is 1. The summed E-state index contributed by atoms with van der Waals surface area (Å²) in [5.41, 5.74) is 4.18. The van der Waals surface area contributed by atoms with Gasteiger partial charge in [0.15, 0.2) is 16.8 Å². The number of rotatable bonds is 7. The van der Waals surface area contributed by atoms with Gasteiger partial charge in [-0.05, 0) is 81.7 Å². The van der Waals surface area contributed by atoms with Gasteiger partial charge in [-0.2, -0.15) is 0 Å². The summed E-state index contributed by atoms with van der Waals surface area (Å²) in [5, 5.41) is 9.35. The van der Waals surface area contributed by atoms with E-state index in [9.17, 15) is 9.18 Å². The maximum absolute atomic E-state index is 13.5. The van der Waals surface area contributed by atoms with E-state index < -0.39 is 0 Å². The second kappa shape index (κ2) is 8.70. The second-order valence-electron chi connectivity index (χ2n) is 7.84. The largest absolute Gasteiger partial charge is 0.300 e. The monoisotopic (exact) mass is 424 g/mol. The Balaban J connectivity index is 1.59. The van der Waals surface area contributed by atoms with Crippen LogP contribution in [0.15, 0.2) is 47.6 Å². The molecule has 0 spiro atoms. The summed E-state index contributed by atoms with van der Waals surface area (Å²) < 4.78 is 15.4. The van der Waals surface area contributed by atoms with Crippen molar-refractivity contribution >= 4 is 17.5 Å². The van der Waals surface area contributed by atoms with Gasteiger partial charge in [-0.3, -0.25) is 14.3 Å². The topological polar surface area (TPSA) is 51.0 Å². The molecule has 1 aliphatic carbocycles. The normalized spacial score (nSPS) is 14.2. The molecule has 0 amide bonds. The van der Waals surface area contributed by atoms with E-state index in [1.807, 2.05) is 42.6 Å². The minimum absolute atomic E-state index is 0.00400. The van der Waals surface area contributed by atoms with E-state index in [0.717, 1.165) is 36.3 Å². The Morgan fingerprint density at radius 2 is 1.87 bits per heavy atom. The lowest BCUT2D eigenvalue weighted by molar-refractivity contribution is 0.102. The number of ketones is 1. The van der Waals surface area contributed by atoms with Gasteiger partial charge in [-0.1, -0.05) is 23.9 Å². The van der Waals surface area contributed by atoms with Crippen LogP contribution in [0.3, 0.4) is 0 Å². The molecule has 0 fully saturated rings. The molecule has 0 saturated heterocycles. The van der Waals surface area contributed by atoms with Gasteiger partial charge >= 0.3 is 0 Å². The van der Waals surface area contributed by atoms with E-state index in [1.165, 1.54) is 35.0 Å². The molecule has 156 valence electrons. The number of thioether (sulfide) groups is 1. The van der Waals surface area contributed by atoms with E-state index >= 15 is 0 Å². The number of Topliss-reactive ketones (excluding diaryl/α,β-unsaturated/α-hetero) is 1. The maximum Gasteiger partial charge on any atom is 0.196 e. The molecule has 0 saturated carbocycles. The summed E-state index contributed by atoms with van der Waals surface area (Å²) in [4.78, 5) is 14.9. The summed E-state index contributed by atoms with van der Waals surface area (Å²) in [7, 11) is 3.94. The van der Waals surface area contributed by atoms with Crippen LogP contribution in [-0.4, -0.2) is 45.3 Å². The quantitative estimate of drug-likeness (QED) is 0.413. The van der Waals surface area contributed by atoms with Crippen molar-refractivity contribution in [2.75, 3.05) is 19.8 Å². The fraction of sp³-hybridized carbons (Fsp3) is 0.348. The molecule has 4 rings (SSSR count). The van der Waals surface area contributed by atoms with Gasteiger partial charge in [-0.15, -0.1) is 10.2 Å². The molecule has 0 bridgehead atoms. The number of fused-ring (bicyclic) bond motifs is 1. The summed E-state index contributed by atoms with van der Waals surface area (Å²) in [6, 6.07) is 12.3. The first-order chi connectivity index (χ1) is 14.4. The van der Waals surface area contributed by atoms with Crippen LogP contribution in [0.5, 0.6) is 0 Å². The van der Waals surface area contributed by atoms with Crippen LogP contribution < -0.4 is 0 Å². The van der Waals surface area contributed by atoms with Crippen molar-refractivity contribution in [2.45, 2.75) is 37.4 Å². The third-order valence-electron chi connectivity index (χ3n) is 5.64. The Labute approximate surface area is 180 Å². The highest BCUT2D eigenvalue weighted by Crippen LogP contribution is 2.28. The lowest BCUT2D eigenvalue weighted by Crippen LogP contribution is -2.20. The third kappa shape index (κ3) is 4.18. The van der Waals surface area contributed by atoms with Gasteiger partial charge in [0.2, 0.25) is 0 Å². The molecule has 3 aromatic rings. The predicted molar refractivity (Wildman–Crippen MR) is 117 cm³/mol. The maximum atomic E-state index is 13.5. The van der Waals surface area contributed by atoms with Crippen molar-refractivity contribution in [3.63, 3.8) is 0 Å². The summed E-state index contributed by atoms with van der Waals surface area (Å²) in [5.74, 6) is 0.800. The number of hydrogen-bond donors (Lipinski definition) is 0. The molecule has 1 aromatic heterocycles. The van der Waals surface area contributed by atoms with Crippen LogP contribution >= 0.6 is 11.8 Å². The first-order valence-corrected chi connectivity index (χ1v) is 11.1. The first kappa shape index (κ1) is 20.8. The summed E-state index contributed by atoms with van der Waals surface area (Å²) >= 11 is 1.36. The number of aromatic nitrogens is 3. The number of carbonyl (C=O) groups excluding carboxylic acids is 1. The zero-order chi connectivity index (χ0) is 21.3. The summed E-state index contributed by atoms with van der Waals surface area (Å²) in [6.07, 6.45) is 3.32. The minimum Gasteiger partial charge on any atom is -0.300 e. The minimum atomic E-state index is -0.296. The molecular formula is C23H25FN4OS. The molecule has 0 unspecified atom stereocenters. The molecule has 1 aliphatic rings. The van der Waals surface area contributed by atoms with Gasteiger partial charge < -0.3 is 0 Å². The summed E-state index contributed by atoms with van der Waals surface area (Å²) in [6.45, 7) is 2.04. The van der Waals surface area contributed by atoms with E-state index in [0.29, 0.717) is 5.16 Å². The van der Waals surface area contributed by atoms with Crippen LogP contribution in [0.25, 0.3) is 5.69 Å². The molecule has 0 N–H and O–H groups in total. The zero-order valence-electron chi connectivity index (χ0n) is 17.4. The van der Waals surface area contributed by atoms with Crippen LogP contribution in [0, 0.1) is 5.82 Å². The van der Waals surface area contributed by atoms with Gasteiger partial charge in [0.1, 0.15) is 5.82 Å². The Bertz CT molecular complexity index is 1060. The van der Waals surface area contributed by atoms with E-state index in [4.69, 9.17) is 0 Å². The number of aryl methyl sites for hydroxylation is 2. The lowest BCUT2D eigenvalue weighted by atomic mass is 10.0. The Morgan fingerprint density at radius 3 is 2.60 bits per heavy atom. The van der Waals surface area contributed by atoms with E-state index in [-0.39, 0.29) is 23.4 Å². The number of nitrogens with zero attached hydrogens (tertiary/aromatic N) is 4. The molecule has 5 nitrogen and oxygen atoms in total. The number of benzene rings is 2. The van der Waals surface area contributed by atoms with Crippen molar-refractivity contribution in [1.29, 1.82) is 0 Å². The first-order valence-electron chi connectivity index (χ1n) is 10.1. The van der Waals surface area contributed by atoms with Crippen LogP contribution in [0.4, 0.5) is 4.39 Å². The van der Waals surface area contributed by atoms with Gasteiger partial charge in [0.05, 0.1) is 11.8 Å². The third-order valence-corrected chi connectivity index (χ3v) is 6.57. The van der Waals surface area contributed by atoms with Crippen LogP contribution in [0.2, 0.25) is 0 Å². The molecule has 0 aliphatic heterocycles. The Kier molecular flexibility index (Phi) is 6.01. The SMILES string of the molecule is C[C@@H](c1nnc(SCC(=O)c2ccc3c(c2)CCC3)n1-c1ccc(F)cc1)N(C)C. The van der Waals surface area contributed by atoms with Crippen molar-refractivity contribution in [3.05, 3.63) is 70.8 Å². The lowest BCUT2D eigenvalue weighted by Gasteiger charge is -2.20. The smallest absolute Gasteiger partial charge is 0.196 e. The highest BCUT2D eigenvalue weighted by Gasteiger charge is 2.22. The van der Waals surface area contributed by atoms with Crippen molar-refractivity contribution in [1.82, 2.24) is 19.7 Å². The Hall–Kier alpha value is -2.51. The molecule has 2 aromatic carbocycles. The van der Waals surface area contributed by atoms with Crippen LogP contribution in [-0.2, 0) is 12.8 Å². The Morgan fingerprint density at radius 1 is 1.13 bits per heavy atom. The second-order valence-corrected chi connectivity index (χ2v) is 8.78.